The Morgan fingerprint density at radius 1 is 1.00 bits per heavy atom. The molecule has 1 heterocycles. The minimum atomic E-state index is -0.606. The Kier molecular flexibility index (Phi) is 8.55. The zero-order chi connectivity index (χ0) is 22.2. The largest absolute Gasteiger partial charge is 0.340 e. The number of hydrogen-bond donors (Lipinski definition) is 2. The molecule has 31 heavy (non-hydrogen) atoms. The van der Waals surface area contributed by atoms with E-state index in [1.807, 2.05) is 56.8 Å². The lowest BCUT2D eigenvalue weighted by Gasteiger charge is -2.26. The third-order valence-electron chi connectivity index (χ3n) is 5.59. The van der Waals surface area contributed by atoms with E-state index in [2.05, 4.69) is 27.7 Å². The summed E-state index contributed by atoms with van der Waals surface area (Å²) >= 11 is 2.03. The van der Waals surface area contributed by atoms with Gasteiger partial charge in [0.25, 0.3) is 5.91 Å². The number of nitrogens with zero attached hydrogens (tertiary/aromatic N) is 1. The quantitative estimate of drug-likeness (QED) is 0.653. The van der Waals surface area contributed by atoms with Gasteiger partial charge in [0.05, 0.1) is 0 Å². The molecule has 1 fully saturated rings. The van der Waals surface area contributed by atoms with Crippen LogP contribution < -0.4 is 10.6 Å². The van der Waals surface area contributed by atoms with Crippen molar-refractivity contribution in [1.82, 2.24) is 10.2 Å². The van der Waals surface area contributed by atoms with Crippen LogP contribution in [0.5, 0.6) is 0 Å². The molecule has 1 saturated heterocycles. The van der Waals surface area contributed by atoms with Gasteiger partial charge in [-0.1, -0.05) is 43.7 Å². The average Bonchev–Trinajstić information content (AvgIpc) is 2.77. The molecule has 0 bridgehead atoms. The maximum Gasteiger partial charge on any atom is 0.251 e. The summed E-state index contributed by atoms with van der Waals surface area (Å²) in [6, 6.07) is 14.8. The maximum absolute atomic E-state index is 12.9. The van der Waals surface area contributed by atoms with E-state index < -0.39 is 6.04 Å². The van der Waals surface area contributed by atoms with Crippen molar-refractivity contribution in [1.29, 1.82) is 0 Å². The molecule has 0 aliphatic carbocycles. The van der Waals surface area contributed by atoms with Gasteiger partial charge in [-0.3, -0.25) is 9.59 Å². The van der Waals surface area contributed by atoms with Gasteiger partial charge in [0.2, 0.25) is 5.91 Å². The molecular formula is C25H33N3O2S. The fourth-order valence-corrected chi connectivity index (χ4v) is 4.53. The second kappa shape index (κ2) is 11.3. The van der Waals surface area contributed by atoms with Crippen LogP contribution >= 0.6 is 11.8 Å². The first-order chi connectivity index (χ1) is 14.9. The Morgan fingerprint density at radius 3 is 2.26 bits per heavy atom. The molecule has 0 spiro atoms. The molecule has 2 N–H and O–H groups in total. The third-order valence-corrected chi connectivity index (χ3v) is 6.53. The first-order valence-electron chi connectivity index (χ1n) is 11.0. The number of thioether (sulfide) groups is 1. The predicted octanol–water partition coefficient (Wildman–Crippen LogP) is 3.98. The monoisotopic (exact) mass is 439 g/mol. The SMILES string of the molecule is Cc1ccc(C(=O)NC(C(=O)Nc2ccc(CCN3CCSCC3)cc2)C(C)C)cc1. The lowest BCUT2D eigenvalue weighted by molar-refractivity contribution is -0.118. The molecule has 3 rings (SSSR count). The van der Waals surface area contributed by atoms with Crippen molar-refractivity contribution in [3.63, 3.8) is 0 Å². The van der Waals surface area contributed by atoms with Crippen molar-refractivity contribution in [3.8, 4) is 0 Å². The predicted molar refractivity (Wildman–Crippen MR) is 130 cm³/mol. The standard InChI is InChI=1S/C25H33N3O2S/c1-18(2)23(27-24(29)21-8-4-19(3)5-9-21)25(30)26-22-10-6-20(7-11-22)12-13-28-14-16-31-17-15-28/h4-11,18,23H,12-17H2,1-3H3,(H,26,30)(H,27,29). The number of hydrogen-bond acceptors (Lipinski definition) is 4. The zero-order valence-electron chi connectivity index (χ0n) is 18.7. The van der Waals surface area contributed by atoms with Crippen molar-refractivity contribution < 1.29 is 9.59 Å². The van der Waals surface area contributed by atoms with Gasteiger partial charge in [-0.05, 0) is 49.1 Å². The van der Waals surface area contributed by atoms with E-state index in [4.69, 9.17) is 0 Å². The van der Waals surface area contributed by atoms with E-state index in [-0.39, 0.29) is 17.7 Å². The van der Waals surface area contributed by atoms with Crippen LogP contribution in [0, 0.1) is 12.8 Å². The highest BCUT2D eigenvalue weighted by molar-refractivity contribution is 7.99. The molecule has 0 radical (unpaired) electrons. The van der Waals surface area contributed by atoms with E-state index >= 15 is 0 Å². The summed E-state index contributed by atoms with van der Waals surface area (Å²) in [4.78, 5) is 27.9. The van der Waals surface area contributed by atoms with Crippen LogP contribution in [-0.2, 0) is 11.2 Å². The molecule has 1 aliphatic heterocycles. The maximum atomic E-state index is 12.9. The lowest BCUT2D eigenvalue weighted by Crippen LogP contribution is -2.47. The summed E-state index contributed by atoms with van der Waals surface area (Å²) in [5.41, 5.74) is 3.66. The van der Waals surface area contributed by atoms with Gasteiger partial charge in [-0.15, -0.1) is 0 Å². The smallest absolute Gasteiger partial charge is 0.251 e. The number of benzene rings is 2. The summed E-state index contributed by atoms with van der Waals surface area (Å²) in [6.07, 6.45) is 1.01. The van der Waals surface area contributed by atoms with Crippen LogP contribution in [0.4, 0.5) is 5.69 Å². The number of nitrogens with one attached hydrogen (secondary N) is 2. The molecule has 2 amide bonds. The third kappa shape index (κ3) is 7.11. The van der Waals surface area contributed by atoms with Crippen molar-refractivity contribution in [3.05, 3.63) is 65.2 Å². The van der Waals surface area contributed by atoms with Gasteiger partial charge in [0.1, 0.15) is 6.04 Å². The highest BCUT2D eigenvalue weighted by Crippen LogP contribution is 2.15. The van der Waals surface area contributed by atoms with Crippen LogP contribution in [-0.4, -0.2) is 53.9 Å². The summed E-state index contributed by atoms with van der Waals surface area (Å²) < 4.78 is 0. The van der Waals surface area contributed by atoms with Crippen LogP contribution in [0.15, 0.2) is 48.5 Å². The zero-order valence-corrected chi connectivity index (χ0v) is 19.5. The Morgan fingerprint density at radius 2 is 1.65 bits per heavy atom. The van der Waals surface area contributed by atoms with Gasteiger partial charge in [-0.25, -0.2) is 0 Å². The van der Waals surface area contributed by atoms with Crippen LogP contribution in [0.1, 0.15) is 35.3 Å². The minimum absolute atomic E-state index is 0.0311. The van der Waals surface area contributed by atoms with Crippen LogP contribution in [0.3, 0.4) is 0 Å². The fourth-order valence-electron chi connectivity index (χ4n) is 3.55. The molecule has 6 heteroatoms. The number of rotatable bonds is 8. The molecule has 0 aromatic heterocycles. The fraction of sp³-hybridized carbons (Fsp3) is 0.440. The Balaban J connectivity index is 1.54. The summed E-state index contributed by atoms with van der Waals surface area (Å²) in [6.45, 7) is 9.26. The van der Waals surface area contributed by atoms with E-state index in [1.54, 1.807) is 12.1 Å². The van der Waals surface area contributed by atoms with Gasteiger partial charge in [-0.2, -0.15) is 11.8 Å². The van der Waals surface area contributed by atoms with E-state index in [0.29, 0.717) is 5.56 Å². The van der Waals surface area contributed by atoms with Crippen molar-refractivity contribution >= 4 is 29.3 Å². The van der Waals surface area contributed by atoms with Gasteiger partial charge in [0, 0.05) is 42.4 Å². The van der Waals surface area contributed by atoms with Gasteiger partial charge < -0.3 is 15.5 Å². The highest BCUT2D eigenvalue weighted by Gasteiger charge is 2.24. The van der Waals surface area contributed by atoms with Crippen LogP contribution in [0.2, 0.25) is 0 Å². The molecule has 1 unspecified atom stereocenters. The Bertz CT molecular complexity index is 859. The van der Waals surface area contributed by atoms with Crippen LogP contribution in [0.25, 0.3) is 0 Å². The van der Waals surface area contributed by atoms with Gasteiger partial charge >= 0.3 is 0 Å². The second-order valence-electron chi connectivity index (χ2n) is 8.45. The van der Waals surface area contributed by atoms with E-state index in [1.165, 1.54) is 30.2 Å². The number of carbonyl (C=O) groups excluding carboxylic acids is 2. The summed E-state index contributed by atoms with van der Waals surface area (Å²) in [5.74, 6) is 1.98. The second-order valence-corrected chi connectivity index (χ2v) is 9.68. The molecule has 2 aromatic rings. The molecule has 2 aromatic carbocycles. The Labute approximate surface area is 190 Å². The van der Waals surface area contributed by atoms with E-state index in [9.17, 15) is 9.59 Å². The molecule has 1 atom stereocenters. The molecule has 166 valence electrons. The van der Waals surface area contributed by atoms with E-state index in [0.717, 1.165) is 24.2 Å². The van der Waals surface area contributed by atoms with Gasteiger partial charge in [0.15, 0.2) is 0 Å². The molecule has 0 saturated carbocycles. The normalized spacial score (nSPS) is 15.5. The molecule has 1 aliphatic rings. The number of carbonyl (C=O) groups is 2. The topological polar surface area (TPSA) is 61.4 Å². The summed E-state index contributed by atoms with van der Waals surface area (Å²) in [7, 11) is 0. The average molecular weight is 440 g/mol. The number of aryl methyl sites for hydroxylation is 1. The minimum Gasteiger partial charge on any atom is -0.340 e. The Hall–Kier alpha value is -2.31. The first kappa shape index (κ1) is 23.4. The number of amides is 2. The molecule has 5 nitrogen and oxygen atoms in total. The summed E-state index contributed by atoms with van der Waals surface area (Å²) in [5, 5.41) is 5.84. The first-order valence-corrected chi connectivity index (χ1v) is 12.2. The lowest BCUT2D eigenvalue weighted by atomic mass is 10.0. The highest BCUT2D eigenvalue weighted by atomic mass is 32.2. The van der Waals surface area contributed by atoms with Crippen molar-refractivity contribution in [2.45, 2.75) is 33.2 Å². The van der Waals surface area contributed by atoms with Crippen molar-refractivity contribution in [2.75, 3.05) is 36.5 Å². The molecular weight excluding hydrogens is 406 g/mol. The van der Waals surface area contributed by atoms with Crippen molar-refractivity contribution in [2.24, 2.45) is 5.92 Å². The number of anilines is 1.